The summed E-state index contributed by atoms with van der Waals surface area (Å²) in [4.78, 5) is 18.2. The number of pyridine rings is 1. The lowest BCUT2D eigenvalue weighted by molar-refractivity contribution is 0.0746. The molecule has 1 aliphatic carbocycles. The van der Waals surface area contributed by atoms with Gasteiger partial charge in [0.25, 0.3) is 5.91 Å². The highest BCUT2D eigenvalue weighted by atomic mass is 16.2. The van der Waals surface area contributed by atoms with E-state index >= 15 is 0 Å². The lowest BCUT2D eigenvalue weighted by Gasteiger charge is -2.21. The molecule has 0 radical (unpaired) electrons. The van der Waals surface area contributed by atoms with E-state index in [1.807, 2.05) is 6.92 Å². The van der Waals surface area contributed by atoms with Crippen molar-refractivity contribution in [1.29, 1.82) is 5.26 Å². The van der Waals surface area contributed by atoms with Crippen molar-refractivity contribution in [2.24, 2.45) is 0 Å². The van der Waals surface area contributed by atoms with E-state index in [-0.39, 0.29) is 5.91 Å². The van der Waals surface area contributed by atoms with E-state index in [0.717, 1.165) is 18.5 Å². The maximum absolute atomic E-state index is 12.4. The van der Waals surface area contributed by atoms with Crippen molar-refractivity contribution in [3.63, 3.8) is 0 Å². The van der Waals surface area contributed by atoms with Gasteiger partial charge < -0.3 is 10.6 Å². The van der Waals surface area contributed by atoms with Crippen LogP contribution >= 0.6 is 0 Å². The Hall–Kier alpha value is -2.09. The van der Waals surface area contributed by atoms with Crippen LogP contribution in [0.4, 0.5) is 5.82 Å². The number of nitrogens with zero attached hydrogens (tertiary/aromatic N) is 3. The molecule has 1 fully saturated rings. The summed E-state index contributed by atoms with van der Waals surface area (Å²) in [6.07, 6.45) is 2.41. The van der Waals surface area contributed by atoms with Crippen LogP contribution in [0.5, 0.6) is 0 Å². The summed E-state index contributed by atoms with van der Waals surface area (Å²) in [7, 11) is 0. The number of carbonyl (C=O) groups is 1. The van der Waals surface area contributed by atoms with Gasteiger partial charge in [0.05, 0.1) is 12.5 Å². The topological polar surface area (TPSA) is 83.0 Å². The van der Waals surface area contributed by atoms with Gasteiger partial charge in [0.15, 0.2) is 0 Å². The van der Waals surface area contributed by atoms with E-state index in [4.69, 9.17) is 11.0 Å². The second-order valence-corrected chi connectivity index (χ2v) is 4.56. The van der Waals surface area contributed by atoms with E-state index in [1.54, 1.807) is 17.0 Å². The molecule has 18 heavy (non-hydrogen) atoms. The van der Waals surface area contributed by atoms with Gasteiger partial charge in [0, 0.05) is 23.8 Å². The fraction of sp³-hybridized carbons (Fsp3) is 0.462. The number of nitriles is 1. The van der Waals surface area contributed by atoms with Crippen molar-refractivity contribution in [2.75, 3.05) is 12.3 Å². The molecule has 1 heterocycles. The molecule has 0 bridgehead atoms. The zero-order valence-electron chi connectivity index (χ0n) is 10.4. The third-order valence-electron chi connectivity index (χ3n) is 2.93. The predicted molar refractivity (Wildman–Crippen MR) is 67.7 cm³/mol. The molecule has 2 N–H and O–H groups in total. The molecular formula is C13H16N4O. The number of anilines is 1. The minimum atomic E-state index is -0.0510. The lowest BCUT2D eigenvalue weighted by Crippen LogP contribution is -2.34. The van der Waals surface area contributed by atoms with Crippen molar-refractivity contribution < 1.29 is 4.79 Å². The molecule has 1 amide bonds. The van der Waals surface area contributed by atoms with Crippen LogP contribution in [-0.2, 0) is 0 Å². The van der Waals surface area contributed by atoms with Gasteiger partial charge in [-0.1, -0.05) is 0 Å². The zero-order valence-corrected chi connectivity index (χ0v) is 10.4. The standard InChI is InChI=1S/C13H16N4O/c1-9-7-10(8-12(15)16-9)13(18)17(6-2-5-14)11-3-4-11/h7-8,11H,2-4,6H2,1H3,(H2,15,16). The lowest BCUT2D eigenvalue weighted by atomic mass is 10.2. The molecule has 0 atom stereocenters. The number of rotatable bonds is 4. The Labute approximate surface area is 106 Å². The Balaban J connectivity index is 2.19. The van der Waals surface area contributed by atoms with Gasteiger partial charge in [0.1, 0.15) is 5.82 Å². The van der Waals surface area contributed by atoms with Crippen LogP contribution < -0.4 is 5.73 Å². The van der Waals surface area contributed by atoms with Crippen LogP contribution in [0.25, 0.3) is 0 Å². The Morgan fingerprint density at radius 1 is 1.61 bits per heavy atom. The first-order valence-electron chi connectivity index (χ1n) is 6.04. The molecule has 0 saturated heterocycles. The summed E-state index contributed by atoms with van der Waals surface area (Å²) in [5.41, 5.74) is 6.95. The van der Waals surface area contributed by atoms with Crippen molar-refractivity contribution in [1.82, 2.24) is 9.88 Å². The van der Waals surface area contributed by atoms with Gasteiger partial charge in [-0.25, -0.2) is 4.98 Å². The molecule has 1 aliphatic rings. The number of aryl methyl sites for hydroxylation is 1. The summed E-state index contributed by atoms with van der Waals surface area (Å²) >= 11 is 0. The zero-order chi connectivity index (χ0) is 13.1. The molecule has 94 valence electrons. The molecule has 0 spiro atoms. The number of hydrogen-bond donors (Lipinski definition) is 1. The first-order chi connectivity index (χ1) is 8.61. The Bertz CT molecular complexity index is 482. The highest BCUT2D eigenvalue weighted by Crippen LogP contribution is 2.28. The molecule has 2 rings (SSSR count). The quantitative estimate of drug-likeness (QED) is 0.869. The van der Waals surface area contributed by atoms with Crippen molar-refractivity contribution in [3.8, 4) is 6.07 Å². The number of carbonyl (C=O) groups excluding carboxylic acids is 1. The van der Waals surface area contributed by atoms with E-state index in [0.29, 0.717) is 30.4 Å². The van der Waals surface area contributed by atoms with E-state index < -0.39 is 0 Å². The monoisotopic (exact) mass is 244 g/mol. The Morgan fingerprint density at radius 2 is 2.33 bits per heavy atom. The number of nitrogens with two attached hydrogens (primary N) is 1. The Kier molecular flexibility index (Phi) is 3.47. The number of nitrogen functional groups attached to an aromatic ring is 1. The van der Waals surface area contributed by atoms with Crippen molar-refractivity contribution in [2.45, 2.75) is 32.2 Å². The maximum atomic E-state index is 12.4. The number of aromatic nitrogens is 1. The fourth-order valence-corrected chi connectivity index (χ4v) is 1.99. The van der Waals surface area contributed by atoms with Crippen LogP contribution in [0.2, 0.25) is 0 Å². The molecule has 0 unspecified atom stereocenters. The van der Waals surface area contributed by atoms with Gasteiger partial charge in [-0.05, 0) is 31.9 Å². The third-order valence-corrected chi connectivity index (χ3v) is 2.93. The SMILES string of the molecule is Cc1cc(C(=O)N(CCC#N)C2CC2)cc(N)n1. The van der Waals surface area contributed by atoms with Crippen LogP contribution in [0.3, 0.4) is 0 Å². The largest absolute Gasteiger partial charge is 0.384 e. The van der Waals surface area contributed by atoms with Crippen molar-refractivity contribution in [3.05, 3.63) is 23.4 Å². The van der Waals surface area contributed by atoms with Crippen molar-refractivity contribution >= 4 is 11.7 Å². The van der Waals surface area contributed by atoms with E-state index in [1.165, 1.54) is 0 Å². The second kappa shape index (κ2) is 5.05. The van der Waals surface area contributed by atoms with Gasteiger partial charge >= 0.3 is 0 Å². The molecule has 1 aromatic heterocycles. The first kappa shape index (κ1) is 12.4. The van der Waals surface area contributed by atoms with Crippen LogP contribution in [-0.4, -0.2) is 28.4 Å². The van der Waals surface area contributed by atoms with Gasteiger partial charge in [0.2, 0.25) is 0 Å². The van der Waals surface area contributed by atoms with Crippen LogP contribution in [0.1, 0.15) is 35.3 Å². The smallest absolute Gasteiger partial charge is 0.254 e. The summed E-state index contributed by atoms with van der Waals surface area (Å²) in [6.45, 7) is 2.30. The maximum Gasteiger partial charge on any atom is 0.254 e. The second-order valence-electron chi connectivity index (χ2n) is 4.56. The molecule has 1 saturated carbocycles. The number of amides is 1. The predicted octanol–water partition coefficient (Wildman–Crippen LogP) is 1.49. The summed E-state index contributed by atoms with van der Waals surface area (Å²) in [5.74, 6) is 0.305. The van der Waals surface area contributed by atoms with Gasteiger partial charge in [-0.15, -0.1) is 0 Å². The van der Waals surface area contributed by atoms with E-state index in [2.05, 4.69) is 11.1 Å². The van der Waals surface area contributed by atoms with E-state index in [9.17, 15) is 4.79 Å². The number of hydrogen-bond acceptors (Lipinski definition) is 4. The normalized spacial score (nSPS) is 14.0. The molecule has 0 aliphatic heterocycles. The highest BCUT2D eigenvalue weighted by molar-refractivity contribution is 5.95. The minimum Gasteiger partial charge on any atom is -0.384 e. The first-order valence-corrected chi connectivity index (χ1v) is 6.04. The molecule has 5 nitrogen and oxygen atoms in total. The summed E-state index contributed by atoms with van der Waals surface area (Å²) in [5, 5.41) is 8.64. The average molecular weight is 244 g/mol. The fourth-order valence-electron chi connectivity index (χ4n) is 1.99. The molecule has 1 aromatic rings. The van der Waals surface area contributed by atoms with Crippen LogP contribution in [0, 0.1) is 18.3 Å². The van der Waals surface area contributed by atoms with Crippen LogP contribution in [0.15, 0.2) is 12.1 Å². The molecule has 5 heteroatoms. The van der Waals surface area contributed by atoms with Gasteiger partial charge in [-0.2, -0.15) is 5.26 Å². The highest BCUT2D eigenvalue weighted by Gasteiger charge is 2.32. The summed E-state index contributed by atoms with van der Waals surface area (Å²) < 4.78 is 0. The summed E-state index contributed by atoms with van der Waals surface area (Å²) in [6, 6.07) is 5.70. The minimum absolute atomic E-state index is 0.0510. The Morgan fingerprint density at radius 3 is 2.89 bits per heavy atom. The molecule has 0 aromatic carbocycles. The third kappa shape index (κ3) is 2.77. The van der Waals surface area contributed by atoms with Gasteiger partial charge in [-0.3, -0.25) is 4.79 Å². The molecular weight excluding hydrogens is 228 g/mol. The average Bonchev–Trinajstić information content (AvgIpc) is 3.12.